The minimum absolute atomic E-state index is 0.552. The van der Waals surface area contributed by atoms with Gasteiger partial charge in [0.05, 0.1) is 18.2 Å². The first-order valence-electron chi connectivity index (χ1n) is 6.63. The molecular weight excluding hydrogens is 240 g/mol. The van der Waals surface area contributed by atoms with Gasteiger partial charge in [-0.3, -0.25) is 0 Å². The molecule has 0 radical (unpaired) electrons. The summed E-state index contributed by atoms with van der Waals surface area (Å²) in [6.07, 6.45) is 7.65. The monoisotopic (exact) mass is 258 g/mol. The molecule has 5 heteroatoms. The normalized spacial score (nSPS) is 16.6. The number of pyridine rings is 1. The highest BCUT2D eigenvalue weighted by molar-refractivity contribution is 5.70. The molecule has 2 N–H and O–H groups in total. The Labute approximate surface area is 112 Å². The molecule has 0 bridgehead atoms. The number of nitrogens with zero attached hydrogens (tertiary/aromatic N) is 3. The van der Waals surface area contributed by atoms with Crippen LogP contribution in [0.15, 0.2) is 30.9 Å². The minimum atomic E-state index is 0.552. The lowest BCUT2D eigenvalue weighted by molar-refractivity contribution is 0.0614. The number of hydrogen-bond donors (Lipinski definition) is 1. The fraction of sp³-hybridized carbons (Fsp3) is 0.429. The fourth-order valence-electron chi connectivity index (χ4n) is 2.53. The quantitative estimate of drug-likeness (QED) is 0.913. The van der Waals surface area contributed by atoms with Gasteiger partial charge in [0.1, 0.15) is 5.82 Å². The van der Waals surface area contributed by atoms with Crippen molar-refractivity contribution < 1.29 is 4.74 Å². The van der Waals surface area contributed by atoms with E-state index in [2.05, 4.69) is 14.5 Å². The van der Waals surface area contributed by atoms with Gasteiger partial charge in [-0.1, -0.05) is 0 Å². The molecule has 3 rings (SSSR count). The molecule has 1 fully saturated rings. The SMILES string of the molecule is Nc1ncccc1-c1cncn1CC1CCOCC1. The number of hydrogen-bond acceptors (Lipinski definition) is 4. The Balaban J connectivity index is 1.84. The number of aromatic nitrogens is 3. The number of ether oxygens (including phenoxy) is 1. The van der Waals surface area contributed by atoms with Crippen molar-refractivity contribution >= 4 is 5.82 Å². The predicted octanol–water partition coefficient (Wildman–Crippen LogP) is 1.95. The topological polar surface area (TPSA) is 66.0 Å². The van der Waals surface area contributed by atoms with Gasteiger partial charge in [0, 0.05) is 31.5 Å². The van der Waals surface area contributed by atoms with Crippen molar-refractivity contribution in [3.63, 3.8) is 0 Å². The van der Waals surface area contributed by atoms with Crippen LogP contribution in [0.2, 0.25) is 0 Å². The van der Waals surface area contributed by atoms with E-state index in [9.17, 15) is 0 Å². The van der Waals surface area contributed by atoms with Gasteiger partial charge in [0.15, 0.2) is 0 Å². The molecule has 5 nitrogen and oxygen atoms in total. The van der Waals surface area contributed by atoms with Crippen molar-refractivity contribution in [2.45, 2.75) is 19.4 Å². The predicted molar refractivity (Wildman–Crippen MR) is 73.4 cm³/mol. The zero-order valence-corrected chi connectivity index (χ0v) is 10.8. The van der Waals surface area contributed by atoms with E-state index in [1.165, 1.54) is 0 Å². The molecule has 2 aromatic rings. The van der Waals surface area contributed by atoms with Gasteiger partial charge in [0.25, 0.3) is 0 Å². The third kappa shape index (κ3) is 2.61. The summed E-state index contributed by atoms with van der Waals surface area (Å²) < 4.78 is 7.57. The fourth-order valence-corrected chi connectivity index (χ4v) is 2.53. The summed E-state index contributed by atoms with van der Waals surface area (Å²) in [4.78, 5) is 8.39. The number of rotatable bonds is 3. The van der Waals surface area contributed by atoms with Gasteiger partial charge in [-0.15, -0.1) is 0 Å². The molecule has 0 spiro atoms. The summed E-state index contributed by atoms with van der Waals surface area (Å²) in [5, 5.41) is 0. The molecule has 1 aliphatic rings. The molecule has 0 unspecified atom stereocenters. The third-order valence-corrected chi connectivity index (χ3v) is 3.62. The summed E-state index contributed by atoms with van der Waals surface area (Å²) in [5.41, 5.74) is 7.93. The largest absolute Gasteiger partial charge is 0.383 e. The van der Waals surface area contributed by atoms with Crippen LogP contribution < -0.4 is 5.73 Å². The molecule has 0 aromatic carbocycles. The van der Waals surface area contributed by atoms with Crippen molar-refractivity contribution in [2.24, 2.45) is 5.92 Å². The van der Waals surface area contributed by atoms with Crippen LogP contribution in [0.4, 0.5) is 5.82 Å². The van der Waals surface area contributed by atoms with Crippen LogP contribution in [0.3, 0.4) is 0 Å². The van der Waals surface area contributed by atoms with E-state index in [4.69, 9.17) is 10.5 Å². The van der Waals surface area contributed by atoms with Crippen LogP contribution in [-0.2, 0) is 11.3 Å². The Morgan fingerprint density at radius 1 is 1.37 bits per heavy atom. The van der Waals surface area contributed by atoms with Crippen molar-refractivity contribution in [3.05, 3.63) is 30.9 Å². The number of imidazole rings is 1. The Hall–Kier alpha value is -1.88. The van der Waals surface area contributed by atoms with Crippen molar-refractivity contribution in [2.75, 3.05) is 18.9 Å². The third-order valence-electron chi connectivity index (χ3n) is 3.62. The Morgan fingerprint density at radius 3 is 3.00 bits per heavy atom. The van der Waals surface area contributed by atoms with Crippen molar-refractivity contribution in [1.82, 2.24) is 14.5 Å². The van der Waals surface area contributed by atoms with E-state index < -0.39 is 0 Å². The van der Waals surface area contributed by atoms with Crippen LogP contribution in [0.1, 0.15) is 12.8 Å². The summed E-state index contributed by atoms with van der Waals surface area (Å²) in [6, 6.07) is 3.89. The lowest BCUT2D eigenvalue weighted by atomic mass is 10.00. The minimum Gasteiger partial charge on any atom is -0.383 e. The number of nitrogen functional groups attached to an aromatic ring is 1. The van der Waals surface area contributed by atoms with Gasteiger partial charge in [0.2, 0.25) is 0 Å². The molecule has 0 amide bonds. The average Bonchev–Trinajstić information content (AvgIpc) is 2.88. The first-order chi connectivity index (χ1) is 9.34. The van der Waals surface area contributed by atoms with Crippen LogP contribution in [0.5, 0.6) is 0 Å². The zero-order chi connectivity index (χ0) is 13.1. The van der Waals surface area contributed by atoms with Crippen LogP contribution >= 0.6 is 0 Å². The van der Waals surface area contributed by atoms with Gasteiger partial charge in [-0.2, -0.15) is 0 Å². The van der Waals surface area contributed by atoms with Gasteiger partial charge >= 0.3 is 0 Å². The molecule has 100 valence electrons. The van der Waals surface area contributed by atoms with Gasteiger partial charge < -0.3 is 15.0 Å². The van der Waals surface area contributed by atoms with E-state index >= 15 is 0 Å². The zero-order valence-electron chi connectivity index (χ0n) is 10.8. The standard InChI is InChI=1S/C14H18N4O/c15-14-12(2-1-5-17-14)13-8-16-10-18(13)9-11-3-6-19-7-4-11/h1-2,5,8,10-11H,3-4,6-7,9H2,(H2,15,17). The van der Waals surface area contributed by atoms with E-state index in [1.807, 2.05) is 24.7 Å². The maximum Gasteiger partial charge on any atom is 0.132 e. The molecule has 3 heterocycles. The van der Waals surface area contributed by atoms with Crippen molar-refractivity contribution in [1.29, 1.82) is 0 Å². The lowest BCUT2D eigenvalue weighted by Gasteiger charge is -2.23. The van der Waals surface area contributed by atoms with Crippen LogP contribution in [-0.4, -0.2) is 27.7 Å². The van der Waals surface area contributed by atoms with E-state index in [-0.39, 0.29) is 0 Å². The Kier molecular flexibility index (Phi) is 3.46. The maximum atomic E-state index is 5.94. The first-order valence-corrected chi connectivity index (χ1v) is 6.63. The first kappa shape index (κ1) is 12.2. The molecule has 2 aromatic heterocycles. The number of anilines is 1. The smallest absolute Gasteiger partial charge is 0.132 e. The Bertz CT molecular complexity index is 546. The highest BCUT2D eigenvalue weighted by Gasteiger charge is 2.16. The molecule has 0 aliphatic carbocycles. The highest BCUT2D eigenvalue weighted by atomic mass is 16.5. The summed E-state index contributed by atoms with van der Waals surface area (Å²) in [5.74, 6) is 1.20. The molecule has 19 heavy (non-hydrogen) atoms. The molecule has 0 saturated carbocycles. The van der Waals surface area contributed by atoms with Gasteiger partial charge in [-0.05, 0) is 30.9 Å². The maximum absolute atomic E-state index is 5.94. The highest BCUT2D eigenvalue weighted by Crippen LogP contribution is 2.25. The second-order valence-electron chi connectivity index (χ2n) is 4.92. The Morgan fingerprint density at radius 2 is 2.21 bits per heavy atom. The lowest BCUT2D eigenvalue weighted by Crippen LogP contribution is -2.20. The average molecular weight is 258 g/mol. The van der Waals surface area contributed by atoms with Gasteiger partial charge in [-0.25, -0.2) is 9.97 Å². The van der Waals surface area contributed by atoms with Crippen LogP contribution in [0, 0.1) is 5.92 Å². The van der Waals surface area contributed by atoms with E-state index in [0.717, 1.165) is 43.9 Å². The van der Waals surface area contributed by atoms with E-state index in [1.54, 1.807) is 6.20 Å². The summed E-state index contributed by atoms with van der Waals surface area (Å²) in [7, 11) is 0. The van der Waals surface area contributed by atoms with E-state index in [0.29, 0.717) is 11.7 Å². The molecule has 1 aliphatic heterocycles. The second-order valence-corrected chi connectivity index (χ2v) is 4.92. The van der Waals surface area contributed by atoms with Crippen LogP contribution in [0.25, 0.3) is 11.3 Å². The summed E-state index contributed by atoms with van der Waals surface area (Å²) in [6.45, 7) is 2.69. The summed E-state index contributed by atoms with van der Waals surface area (Å²) >= 11 is 0. The van der Waals surface area contributed by atoms with Crippen molar-refractivity contribution in [3.8, 4) is 11.3 Å². The molecular formula is C14H18N4O. The number of nitrogens with two attached hydrogens (primary N) is 1. The molecule has 0 atom stereocenters. The molecule has 1 saturated heterocycles. The second kappa shape index (κ2) is 5.40.